The van der Waals surface area contributed by atoms with Gasteiger partial charge in [-0.2, -0.15) is 0 Å². The third kappa shape index (κ3) is 4.47. The second-order valence-corrected chi connectivity index (χ2v) is 4.90. The molecule has 1 aromatic carbocycles. The lowest BCUT2D eigenvalue weighted by Crippen LogP contribution is -2.17. The summed E-state index contributed by atoms with van der Waals surface area (Å²) in [4.78, 5) is 11.1. The van der Waals surface area contributed by atoms with Crippen LogP contribution < -0.4 is 0 Å². The smallest absolute Gasteiger partial charge is 0.305 e. The van der Waals surface area contributed by atoms with Crippen LogP contribution in [-0.2, 0) is 16.0 Å². The largest absolute Gasteiger partial charge is 0.469 e. The van der Waals surface area contributed by atoms with E-state index < -0.39 is 0 Å². The SMILES string of the molecule is COC(=O)CCC(C)(C)Cc1ccccc1. The molecule has 2 nitrogen and oxygen atoms in total. The topological polar surface area (TPSA) is 26.3 Å². The van der Waals surface area contributed by atoms with Gasteiger partial charge in [0.2, 0.25) is 0 Å². The minimum Gasteiger partial charge on any atom is -0.469 e. The molecule has 0 aliphatic rings. The number of carbonyl (C=O) groups excluding carboxylic acids is 1. The van der Waals surface area contributed by atoms with Gasteiger partial charge >= 0.3 is 5.97 Å². The van der Waals surface area contributed by atoms with Crippen LogP contribution in [0, 0.1) is 5.41 Å². The predicted molar refractivity (Wildman–Crippen MR) is 65.2 cm³/mol. The molecule has 0 heterocycles. The van der Waals surface area contributed by atoms with Gasteiger partial charge in [-0.25, -0.2) is 0 Å². The Labute approximate surface area is 97.6 Å². The monoisotopic (exact) mass is 220 g/mol. The summed E-state index contributed by atoms with van der Waals surface area (Å²) in [5.41, 5.74) is 1.45. The van der Waals surface area contributed by atoms with Crippen molar-refractivity contribution in [1.29, 1.82) is 0 Å². The van der Waals surface area contributed by atoms with Crippen molar-refractivity contribution in [3.05, 3.63) is 35.9 Å². The molecule has 0 spiro atoms. The van der Waals surface area contributed by atoms with Crippen molar-refractivity contribution < 1.29 is 9.53 Å². The van der Waals surface area contributed by atoms with Gasteiger partial charge in [0.05, 0.1) is 7.11 Å². The van der Waals surface area contributed by atoms with Crippen LogP contribution in [0.4, 0.5) is 0 Å². The molecule has 0 bridgehead atoms. The molecule has 0 aliphatic heterocycles. The first-order chi connectivity index (χ1) is 7.53. The fraction of sp³-hybridized carbons (Fsp3) is 0.500. The lowest BCUT2D eigenvalue weighted by molar-refractivity contribution is -0.141. The molecule has 0 aromatic heterocycles. The zero-order valence-corrected chi connectivity index (χ0v) is 10.3. The molecule has 1 aromatic rings. The van der Waals surface area contributed by atoms with E-state index in [1.165, 1.54) is 12.7 Å². The van der Waals surface area contributed by atoms with E-state index in [1.807, 2.05) is 18.2 Å². The minimum atomic E-state index is -0.124. The zero-order chi connectivity index (χ0) is 12.0. The number of rotatable bonds is 5. The van der Waals surface area contributed by atoms with E-state index >= 15 is 0 Å². The Morgan fingerprint density at radius 2 is 1.88 bits per heavy atom. The van der Waals surface area contributed by atoms with Gasteiger partial charge in [-0.15, -0.1) is 0 Å². The normalized spacial score (nSPS) is 11.2. The maximum absolute atomic E-state index is 11.1. The first-order valence-electron chi connectivity index (χ1n) is 5.64. The Morgan fingerprint density at radius 3 is 2.44 bits per heavy atom. The van der Waals surface area contributed by atoms with Crippen LogP contribution in [0.15, 0.2) is 30.3 Å². The summed E-state index contributed by atoms with van der Waals surface area (Å²) < 4.78 is 4.66. The van der Waals surface area contributed by atoms with Crippen molar-refractivity contribution in [1.82, 2.24) is 0 Å². The number of esters is 1. The molecular formula is C14H20O2. The molecule has 0 fully saturated rings. The Bertz CT molecular complexity index is 328. The highest BCUT2D eigenvalue weighted by molar-refractivity contribution is 5.69. The molecule has 88 valence electrons. The summed E-state index contributed by atoms with van der Waals surface area (Å²) in [6, 6.07) is 10.4. The summed E-state index contributed by atoms with van der Waals surface area (Å²) >= 11 is 0. The quantitative estimate of drug-likeness (QED) is 0.712. The molecule has 0 radical (unpaired) electrons. The number of methoxy groups -OCH3 is 1. The van der Waals surface area contributed by atoms with E-state index in [0.717, 1.165) is 12.8 Å². The maximum Gasteiger partial charge on any atom is 0.305 e. The van der Waals surface area contributed by atoms with Crippen LogP contribution in [0.5, 0.6) is 0 Å². The van der Waals surface area contributed by atoms with Crippen molar-refractivity contribution in [3.8, 4) is 0 Å². The average molecular weight is 220 g/mol. The summed E-state index contributed by atoms with van der Waals surface area (Å²) in [6.07, 6.45) is 2.34. The van der Waals surface area contributed by atoms with Gasteiger partial charge in [-0.3, -0.25) is 4.79 Å². The van der Waals surface area contributed by atoms with E-state index in [-0.39, 0.29) is 11.4 Å². The molecule has 1 rings (SSSR count). The third-order valence-electron chi connectivity index (χ3n) is 2.76. The molecule has 16 heavy (non-hydrogen) atoms. The molecule has 0 atom stereocenters. The number of carbonyl (C=O) groups is 1. The second kappa shape index (κ2) is 5.69. The molecule has 2 heteroatoms. The summed E-state index contributed by atoms with van der Waals surface area (Å²) in [6.45, 7) is 4.37. The number of hydrogen-bond acceptors (Lipinski definition) is 2. The standard InChI is InChI=1S/C14H20O2/c1-14(2,10-9-13(15)16-3)11-12-7-5-4-6-8-12/h4-8H,9-11H2,1-3H3. The Hall–Kier alpha value is -1.31. The van der Waals surface area contributed by atoms with Gasteiger partial charge in [-0.05, 0) is 23.8 Å². The summed E-state index contributed by atoms with van der Waals surface area (Å²) in [5.74, 6) is -0.124. The van der Waals surface area contributed by atoms with Crippen LogP contribution in [0.1, 0.15) is 32.3 Å². The van der Waals surface area contributed by atoms with Crippen LogP contribution in [0.3, 0.4) is 0 Å². The van der Waals surface area contributed by atoms with Crippen molar-refractivity contribution in [3.63, 3.8) is 0 Å². The van der Waals surface area contributed by atoms with Gasteiger partial charge in [-0.1, -0.05) is 44.2 Å². The van der Waals surface area contributed by atoms with Crippen molar-refractivity contribution >= 4 is 5.97 Å². The number of benzene rings is 1. The molecule has 0 unspecified atom stereocenters. The average Bonchev–Trinajstić information content (AvgIpc) is 2.27. The predicted octanol–water partition coefficient (Wildman–Crippen LogP) is 3.21. The highest BCUT2D eigenvalue weighted by Crippen LogP contribution is 2.27. The van der Waals surface area contributed by atoms with Crippen LogP contribution in [0.2, 0.25) is 0 Å². The molecule has 0 saturated carbocycles. The van der Waals surface area contributed by atoms with Gasteiger partial charge in [0, 0.05) is 6.42 Å². The molecule has 0 N–H and O–H groups in total. The van der Waals surface area contributed by atoms with Crippen molar-refractivity contribution in [2.45, 2.75) is 33.1 Å². The van der Waals surface area contributed by atoms with E-state index in [1.54, 1.807) is 0 Å². The molecular weight excluding hydrogens is 200 g/mol. The summed E-state index contributed by atoms with van der Waals surface area (Å²) in [5, 5.41) is 0. The lowest BCUT2D eigenvalue weighted by Gasteiger charge is -2.24. The van der Waals surface area contributed by atoms with Crippen molar-refractivity contribution in [2.75, 3.05) is 7.11 Å². The van der Waals surface area contributed by atoms with Crippen LogP contribution in [0.25, 0.3) is 0 Å². The second-order valence-electron chi connectivity index (χ2n) is 4.90. The van der Waals surface area contributed by atoms with E-state index in [9.17, 15) is 4.79 Å². The van der Waals surface area contributed by atoms with E-state index in [2.05, 4.69) is 30.7 Å². The number of ether oxygens (including phenoxy) is 1. The first kappa shape index (κ1) is 12.8. The highest BCUT2D eigenvalue weighted by atomic mass is 16.5. The molecule has 0 amide bonds. The minimum absolute atomic E-state index is 0.124. The molecule has 0 aliphatic carbocycles. The summed E-state index contributed by atoms with van der Waals surface area (Å²) in [7, 11) is 1.44. The van der Waals surface area contributed by atoms with Crippen molar-refractivity contribution in [2.24, 2.45) is 5.41 Å². The van der Waals surface area contributed by atoms with E-state index in [4.69, 9.17) is 0 Å². The lowest BCUT2D eigenvalue weighted by atomic mass is 9.81. The Kier molecular flexibility index (Phi) is 4.53. The zero-order valence-electron chi connectivity index (χ0n) is 10.3. The van der Waals surface area contributed by atoms with Gasteiger partial charge in [0.25, 0.3) is 0 Å². The highest BCUT2D eigenvalue weighted by Gasteiger charge is 2.19. The maximum atomic E-state index is 11.1. The Morgan fingerprint density at radius 1 is 1.25 bits per heavy atom. The fourth-order valence-corrected chi connectivity index (χ4v) is 1.78. The number of hydrogen-bond donors (Lipinski definition) is 0. The fourth-order valence-electron chi connectivity index (χ4n) is 1.78. The third-order valence-corrected chi connectivity index (χ3v) is 2.76. The van der Waals surface area contributed by atoms with Gasteiger partial charge < -0.3 is 4.74 Å². The molecule has 0 saturated heterocycles. The van der Waals surface area contributed by atoms with Gasteiger partial charge in [0.1, 0.15) is 0 Å². The first-order valence-corrected chi connectivity index (χ1v) is 5.64. The Balaban J connectivity index is 2.48. The van der Waals surface area contributed by atoms with Crippen LogP contribution >= 0.6 is 0 Å². The van der Waals surface area contributed by atoms with Gasteiger partial charge in [0.15, 0.2) is 0 Å². The van der Waals surface area contributed by atoms with Crippen LogP contribution in [-0.4, -0.2) is 13.1 Å². The van der Waals surface area contributed by atoms with E-state index in [0.29, 0.717) is 6.42 Å².